The van der Waals surface area contributed by atoms with Crippen LogP contribution in [0.2, 0.25) is 0 Å². The van der Waals surface area contributed by atoms with Gasteiger partial charge in [-0.1, -0.05) is 12.1 Å². The number of aryl methyl sites for hydroxylation is 1. The van der Waals surface area contributed by atoms with Crippen LogP contribution in [0.3, 0.4) is 0 Å². The van der Waals surface area contributed by atoms with Crippen LogP contribution in [0.15, 0.2) is 18.2 Å². The summed E-state index contributed by atoms with van der Waals surface area (Å²) < 4.78 is 7.31. The average molecular weight is 261 g/mol. The highest BCUT2D eigenvalue weighted by atomic mass is 16.5. The normalized spacial score (nSPS) is 10.7. The van der Waals surface area contributed by atoms with Crippen LogP contribution < -0.4 is 10.5 Å². The van der Waals surface area contributed by atoms with Gasteiger partial charge in [-0.3, -0.25) is 0 Å². The number of hydrogen-bond donors (Lipinski definition) is 1. The lowest BCUT2D eigenvalue weighted by atomic mass is 10.1. The Balaban J connectivity index is 2.14. The van der Waals surface area contributed by atoms with E-state index in [9.17, 15) is 0 Å². The molecule has 1 aromatic heterocycles. The molecular weight excluding hydrogens is 242 g/mol. The first-order valence-electron chi connectivity index (χ1n) is 6.42. The van der Waals surface area contributed by atoms with Crippen LogP contribution in [0.4, 0.5) is 0 Å². The highest BCUT2D eigenvalue weighted by molar-refractivity contribution is 5.36. The summed E-state index contributed by atoms with van der Waals surface area (Å²) in [5.74, 6) is 1.74. The Morgan fingerprint density at radius 3 is 2.89 bits per heavy atom. The molecule has 6 heteroatoms. The molecule has 102 valence electrons. The fourth-order valence-corrected chi connectivity index (χ4v) is 1.95. The van der Waals surface area contributed by atoms with Crippen LogP contribution in [0, 0.1) is 6.92 Å². The van der Waals surface area contributed by atoms with Crippen LogP contribution in [0.1, 0.15) is 23.9 Å². The van der Waals surface area contributed by atoms with Crippen molar-refractivity contribution in [1.29, 1.82) is 0 Å². The SMILES string of the molecule is CCOc1ccc(Cn2nnnc2CCN)cc1C. The van der Waals surface area contributed by atoms with Crippen LogP contribution >= 0.6 is 0 Å². The summed E-state index contributed by atoms with van der Waals surface area (Å²) in [6.45, 7) is 5.88. The van der Waals surface area contributed by atoms with Crippen LogP contribution in [-0.2, 0) is 13.0 Å². The molecule has 0 saturated carbocycles. The molecule has 0 saturated heterocycles. The Morgan fingerprint density at radius 1 is 1.37 bits per heavy atom. The molecule has 6 nitrogen and oxygen atoms in total. The molecule has 2 aromatic rings. The van der Waals surface area contributed by atoms with Gasteiger partial charge < -0.3 is 10.5 Å². The second-order valence-electron chi connectivity index (χ2n) is 4.32. The van der Waals surface area contributed by atoms with Crippen molar-refractivity contribution in [1.82, 2.24) is 20.2 Å². The number of ether oxygens (including phenoxy) is 1. The quantitative estimate of drug-likeness (QED) is 0.836. The second kappa shape index (κ2) is 6.29. The zero-order chi connectivity index (χ0) is 13.7. The third-order valence-electron chi connectivity index (χ3n) is 2.85. The molecular formula is C13H19N5O. The summed E-state index contributed by atoms with van der Waals surface area (Å²) in [6, 6.07) is 6.12. The van der Waals surface area contributed by atoms with Gasteiger partial charge in [-0.05, 0) is 48.0 Å². The first-order chi connectivity index (χ1) is 9.24. The zero-order valence-corrected chi connectivity index (χ0v) is 11.3. The summed E-state index contributed by atoms with van der Waals surface area (Å²) in [7, 11) is 0. The summed E-state index contributed by atoms with van der Waals surface area (Å²) in [5, 5.41) is 11.6. The molecule has 0 aliphatic rings. The van der Waals surface area contributed by atoms with Crippen molar-refractivity contribution in [3.05, 3.63) is 35.2 Å². The molecule has 0 spiro atoms. The Hall–Kier alpha value is -1.95. The van der Waals surface area contributed by atoms with Gasteiger partial charge in [-0.15, -0.1) is 5.10 Å². The van der Waals surface area contributed by atoms with Crippen LogP contribution in [0.25, 0.3) is 0 Å². The smallest absolute Gasteiger partial charge is 0.152 e. The number of nitrogens with two attached hydrogens (primary N) is 1. The highest BCUT2D eigenvalue weighted by Crippen LogP contribution is 2.19. The molecule has 2 rings (SSSR count). The minimum Gasteiger partial charge on any atom is -0.494 e. The second-order valence-corrected chi connectivity index (χ2v) is 4.32. The number of aromatic nitrogens is 4. The summed E-state index contributed by atoms with van der Waals surface area (Å²) in [5.41, 5.74) is 7.80. The first kappa shape index (κ1) is 13.5. The fourth-order valence-electron chi connectivity index (χ4n) is 1.95. The Labute approximate surface area is 112 Å². The van der Waals surface area contributed by atoms with Crippen molar-refractivity contribution >= 4 is 0 Å². The molecule has 19 heavy (non-hydrogen) atoms. The van der Waals surface area contributed by atoms with E-state index in [1.54, 1.807) is 4.68 Å². The maximum atomic E-state index is 5.53. The van der Waals surface area contributed by atoms with Gasteiger partial charge in [0.15, 0.2) is 5.82 Å². The van der Waals surface area contributed by atoms with E-state index in [0.717, 1.165) is 22.7 Å². The lowest BCUT2D eigenvalue weighted by molar-refractivity contribution is 0.337. The van der Waals surface area contributed by atoms with Crippen molar-refractivity contribution in [2.24, 2.45) is 5.73 Å². The number of hydrogen-bond acceptors (Lipinski definition) is 5. The third kappa shape index (κ3) is 3.29. The van der Waals surface area contributed by atoms with Gasteiger partial charge in [0.05, 0.1) is 13.2 Å². The van der Waals surface area contributed by atoms with Crippen LogP contribution in [-0.4, -0.2) is 33.4 Å². The van der Waals surface area contributed by atoms with E-state index in [4.69, 9.17) is 10.5 Å². The Morgan fingerprint density at radius 2 is 2.21 bits per heavy atom. The average Bonchev–Trinajstić information content (AvgIpc) is 2.81. The van der Waals surface area contributed by atoms with Crippen molar-refractivity contribution in [3.8, 4) is 5.75 Å². The molecule has 0 atom stereocenters. The maximum Gasteiger partial charge on any atom is 0.152 e. The molecule has 0 fully saturated rings. The van der Waals surface area contributed by atoms with Gasteiger partial charge in [-0.2, -0.15) is 0 Å². The highest BCUT2D eigenvalue weighted by Gasteiger charge is 2.07. The van der Waals surface area contributed by atoms with Crippen molar-refractivity contribution in [3.63, 3.8) is 0 Å². The summed E-state index contributed by atoms with van der Waals surface area (Å²) in [6.07, 6.45) is 0.684. The molecule has 1 aromatic carbocycles. The lowest BCUT2D eigenvalue weighted by Gasteiger charge is -2.09. The molecule has 0 aliphatic carbocycles. The predicted molar refractivity (Wildman–Crippen MR) is 72.0 cm³/mol. The van der Waals surface area contributed by atoms with E-state index < -0.39 is 0 Å². The maximum absolute atomic E-state index is 5.53. The lowest BCUT2D eigenvalue weighted by Crippen LogP contribution is -2.12. The third-order valence-corrected chi connectivity index (χ3v) is 2.85. The predicted octanol–water partition coefficient (Wildman–Crippen LogP) is 0.930. The molecule has 0 unspecified atom stereocenters. The van der Waals surface area contributed by atoms with Gasteiger partial charge in [0, 0.05) is 6.42 Å². The van der Waals surface area contributed by atoms with E-state index in [-0.39, 0.29) is 0 Å². The number of rotatable bonds is 6. The van der Waals surface area contributed by atoms with Crippen molar-refractivity contribution in [2.75, 3.05) is 13.2 Å². The van der Waals surface area contributed by atoms with Gasteiger partial charge in [0.2, 0.25) is 0 Å². The zero-order valence-electron chi connectivity index (χ0n) is 11.3. The van der Waals surface area contributed by atoms with E-state index >= 15 is 0 Å². The Kier molecular flexibility index (Phi) is 4.46. The van der Waals surface area contributed by atoms with Gasteiger partial charge in [-0.25, -0.2) is 4.68 Å². The minimum absolute atomic E-state index is 0.544. The molecule has 0 radical (unpaired) electrons. The number of tetrazole rings is 1. The van der Waals surface area contributed by atoms with Crippen LogP contribution in [0.5, 0.6) is 5.75 Å². The molecule has 0 amide bonds. The molecule has 0 bridgehead atoms. The Bertz CT molecular complexity index is 538. The topological polar surface area (TPSA) is 78.8 Å². The van der Waals surface area contributed by atoms with E-state index in [1.807, 2.05) is 26.0 Å². The van der Waals surface area contributed by atoms with E-state index in [2.05, 4.69) is 21.6 Å². The van der Waals surface area contributed by atoms with E-state index in [0.29, 0.717) is 26.1 Å². The van der Waals surface area contributed by atoms with Gasteiger partial charge in [0.1, 0.15) is 5.75 Å². The molecule has 0 aliphatic heterocycles. The summed E-state index contributed by atoms with van der Waals surface area (Å²) >= 11 is 0. The minimum atomic E-state index is 0.544. The number of benzene rings is 1. The molecule has 2 N–H and O–H groups in total. The van der Waals surface area contributed by atoms with Gasteiger partial charge >= 0.3 is 0 Å². The van der Waals surface area contributed by atoms with E-state index in [1.165, 1.54) is 0 Å². The van der Waals surface area contributed by atoms with Crippen molar-refractivity contribution < 1.29 is 4.74 Å². The largest absolute Gasteiger partial charge is 0.494 e. The first-order valence-corrected chi connectivity index (χ1v) is 6.42. The monoisotopic (exact) mass is 261 g/mol. The molecule has 1 heterocycles. The fraction of sp³-hybridized carbons (Fsp3) is 0.462. The summed E-state index contributed by atoms with van der Waals surface area (Å²) in [4.78, 5) is 0. The number of nitrogens with zero attached hydrogens (tertiary/aromatic N) is 4. The van der Waals surface area contributed by atoms with Gasteiger partial charge in [0.25, 0.3) is 0 Å². The standard InChI is InChI=1S/C13H19N5O/c1-3-19-12-5-4-11(8-10(12)2)9-18-13(6-7-14)15-16-17-18/h4-5,8H,3,6-7,9,14H2,1-2H3. The van der Waals surface area contributed by atoms with Crippen molar-refractivity contribution in [2.45, 2.75) is 26.8 Å².